The highest BCUT2D eigenvalue weighted by Gasteiger charge is 2.35. The molecule has 2 rings (SSSR count). The Hall–Kier alpha value is -1.42. The SMILES string of the molecule is CCCCC1=CCC(C2N=CC=CC2=CO[SiH](C)C)C1=O. The van der Waals surface area contributed by atoms with Crippen LogP contribution >= 0.6 is 0 Å². The van der Waals surface area contributed by atoms with Crippen molar-refractivity contribution in [1.29, 1.82) is 0 Å². The summed E-state index contributed by atoms with van der Waals surface area (Å²) in [4.78, 5) is 17.1. The first kappa shape index (κ1) is 16.0. The van der Waals surface area contributed by atoms with Crippen LogP contribution in [-0.2, 0) is 9.22 Å². The number of Topliss-reactive ketones (excluding diaryl/α,β-unsaturated/α-hetero) is 1. The molecule has 2 aliphatic rings. The molecule has 0 saturated heterocycles. The van der Waals surface area contributed by atoms with Gasteiger partial charge >= 0.3 is 0 Å². The Kier molecular flexibility index (Phi) is 5.73. The lowest BCUT2D eigenvalue weighted by molar-refractivity contribution is -0.118. The normalized spacial score (nSPS) is 26.8. The fourth-order valence-corrected chi connectivity index (χ4v) is 3.15. The first-order valence-corrected chi connectivity index (χ1v) is 10.7. The third-order valence-corrected chi connectivity index (χ3v) is 4.57. The maximum absolute atomic E-state index is 12.6. The lowest BCUT2D eigenvalue weighted by Gasteiger charge is -2.22. The Morgan fingerprint density at radius 1 is 1.48 bits per heavy atom. The average Bonchev–Trinajstić information content (AvgIpc) is 2.84. The van der Waals surface area contributed by atoms with Gasteiger partial charge in [-0.15, -0.1) is 0 Å². The second-order valence-corrected chi connectivity index (χ2v) is 8.31. The molecule has 21 heavy (non-hydrogen) atoms. The standard InChI is InChI=1S/C17H25NO2Si/c1-4-5-7-13-9-10-15(17(13)19)16-14(8-6-11-18-16)12-20-21(2)3/h6,8-9,11-12,15-16,21H,4-5,7,10H2,1-3H3. The van der Waals surface area contributed by atoms with Gasteiger partial charge in [0.2, 0.25) is 9.04 Å². The summed E-state index contributed by atoms with van der Waals surface area (Å²) in [6.45, 7) is 6.42. The first-order valence-electron chi connectivity index (χ1n) is 7.92. The molecule has 3 nitrogen and oxygen atoms in total. The van der Waals surface area contributed by atoms with Crippen molar-refractivity contribution in [2.24, 2.45) is 10.9 Å². The van der Waals surface area contributed by atoms with Crippen molar-refractivity contribution in [3.63, 3.8) is 0 Å². The van der Waals surface area contributed by atoms with E-state index in [2.05, 4.69) is 31.1 Å². The molecule has 0 bridgehead atoms. The van der Waals surface area contributed by atoms with Crippen molar-refractivity contribution >= 4 is 21.0 Å². The zero-order valence-electron chi connectivity index (χ0n) is 13.2. The largest absolute Gasteiger partial charge is 0.552 e. The minimum atomic E-state index is -1.11. The van der Waals surface area contributed by atoms with Gasteiger partial charge in [-0.3, -0.25) is 9.79 Å². The van der Waals surface area contributed by atoms with Crippen LogP contribution < -0.4 is 0 Å². The maximum atomic E-state index is 12.6. The summed E-state index contributed by atoms with van der Waals surface area (Å²) in [5.41, 5.74) is 2.03. The molecule has 2 unspecified atom stereocenters. The van der Waals surface area contributed by atoms with Crippen molar-refractivity contribution in [2.75, 3.05) is 0 Å². The number of ketones is 1. The minimum absolute atomic E-state index is 0.0401. The van der Waals surface area contributed by atoms with Gasteiger partial charge in [0.05, 0.1) is 18.2 Å². The number of nitrogens with zero attached hydrogens (tertiary/aromatic N) is 1. The van der Waals surface area contributed by atoms with Crippen LogP contribution in [0.1, 0.15) is 32.6 Å². The molecule has 0 amide bonds. The summed E-state index contributed by atoms with van der Waals surface area (Å²) in [5, 5.41) is 0. The molecule has 0 N–H and O–H groups in total. The number of carbonyl (C=O) groups excluding carboxylic acids is 1. The summed E-state index contributed by atoms with van der Waals surface area (Å²) in [6, 6.07) is -0.0781. The van der Waals surface area contributed by atoms with E-state index in [4.69, 9.17) is 4.43 Å². The number of unbranched alkanes of at least 4 members (excludes halogenated alkanes) is 1. The second-order valence-electron chi connectivity index (χ2n) is 5.94. The Labute approximate surface area is 129 Å². The molecule has 114 valence electrons. The van der Waals surface area contributed by atoms with Gasteiger partial charge in [0, 0.05) is 11.8 Å². The van der Waals surface area contributed by atoms with Gasteiger partial charge in [-0.05, 0) is 44.0 Å². The Balaban J connectivity index is 2.07. The Bertz CT molecular complexity index is 503. The zero-order chi connectivity index (χ0) is 15.2. The summed E-state index contributed by atoms with van der Waals surface area (Å²) >= 11 is 0. The summed E-state index contributed by atoms with van der Waals surface area (Å²) in [5.74, 6) is 0.246. The van der Waals surface area contributed by atoms with Crippen LogP contribution in [0.4, 0.5) is 0 Å². The first-order chi connectivity index (χ1) is 10.1. The molecule has 0 fully saturated rings. The summed E-state index contributed by atoms with van der Waals surface area (Å²) < 4.78 is 5.72. The highest BCUT2D eigenvalue weighted by Crippen LogP contribution is 2.33. The molecule has 4 heteroatoms. The summed E-state index contributed by atoms with van der Waals surface area (Å²) in [6.07, 6.45) is 13.6. The molecule has 0 aromatic carbocycles. The molecular weight excluding hydrogens is 278 g/mol. The molecule has 1 heterocycles. The van der Waals surface area contributed by atoms with E-state index in [9.17, 15) is 4.79 Å². The monoisotopic (exact) mass is 303 g/mol. The van der Waals surface area contributed by atoms with E-state index in [1.165, 1.54) is 0 Å². The Morgan fingerprint density at radius 2 is 2.29 bits per heavy atom. The molecule has 2 atom stereocenters. The Morgan fingerprint density at radius 3 is 3.00 bits per heavy atom. The van der Waals surface area contributed by atoms with E-state index in [0.29, 0.717) is 0 Å². The molecule has 1 aliphatic carbocycles. The van der Waals surface area contributed by atoms with Crippen molar-refractivity contribution in [2.45, 2.75) is 51.7 Å². The van der Waals surface area contributed by atoms with Crippen molar-refractivity contribution in [3.05, 3.63) is 35.6 Å². The van der Waals surface area contributed by atoms with Crippen LogP contribution in [0.2, 0.25) is 13.1 Å². The van der Waals surface area contributed by atoms with Crippen LogP contribution in [0.5, 0.6) is 0 Å². The van der Waals surface area contributed by atoms with E-state index in [1.54, 1.807) is 6.21 Å². The average molecular weight is 303 g/mol. The van der Waals surface area contributed by atoms with E-state index in [1.807, 2.05) is 18.4 Å². The fourth-order valence-electron chi connectivity index (χ4n) is 2.72. The molecule has 0 radical (unpaired) electrons. The third-order valence-electron chi connectivity index (χ3n) is 3.89. The topological polar surface area (TPSA) is 38.7 Å². The van der Waals surface area contributed by atoms with Gasteiger partial charge < -0.3 is 4.43 Å². The third kappa shape index (κ3) is 4.03. The van der Waals surface area contributed by atoms with Crippen LogP contribution in [0, 0.1) is 5.92 Å². The van der Waals surface area contributed by atoms with Crippen molar-refractivity contribution in [1.82, 2.24) is 0 Å². The minimum Gasteiger partial charge on any atom is -0.552 e. The molecule has 0 aromatic heterocycles. The molecule has 0 saturated carbocycles. The van der Waals surface area contributed by atoms with Crippen LogP contribution in [0.15, 0.2) is 40.6 Å². The number of carbonyl (C=O) groups is 1. The van der Waals surface area contributed by atoms with E-state index in [-0.39, 0.29) is 17.7 Å². The number of allylic oxidation sites excluding steroid dienone is 3. The predicted octanol–water partition coefficient (Wildman–Crippen LogP) is 3.59. The summed E-state index contributed by atoms with van der Waals surface area (Å²) in [7, 11) is -1.11. The van der Waals surface area contributed by atoms with Crippen molar-refractivity contribution in [3.8, 4) is 0 Å². The second kappa shape index (κ2) is 7.55. The van der Waals surface area contributed by atoms with E-state index >= 15 is 0 Å². The quantitative estimate of drug-likeness (QED) is 0.555. The number of rotatable bonds is 6. The van der Waals surface area contributed by atoms with Gasteiger partial charge in [0.1, 0.15) is 0 Å². The molecular formula is C17H25NO2Si. The lowest BCUT2D eigenvalue weighted by Crippen LogP contribution is -2.27. The number of aliphatic imine (C=N–C) groups is 1. The maximum Gasteiger partial charge on any atom is 0.228 e. The highest BCUT2D eigenvalue weighted by atomic mass is 28.3. The fraction of sp³-hybridized carbons (Fsp3) is 0.529. The number of hydrogen-bond acceptors (Lipinski definition) is 3. The van der Waals surface area contributed by atoms with Gasteiger partial charge in [-0.2, -0.15) is 0 Å². The van der Waals surface area contributed by atoms with Crippen LogP contribution in [0.3, 0.4) is 0 Å². The van der Waals surface area contributed by atoms with E-state index < -0.39 is 9.04 Å². The van der Waals surface area contributed by atoms with Gasteiger partial charge in [0.25, 0.3) is 0 Å². The predicted molar refractivity (Wildman–Crippen MR) is 90.2 cm³/mol. The van der Waals surface area contributed by atoms with Crippen molar-refractivity contribution < 1.29 is 9.22 Å². The zero-order valence-corrected chi connectivity index (χ0v) is 14.4. The molecule has 0 spiro atoms. The lowest BCUT2D eigenvalue weighted by atomic mass is 9.88. The van der Waals surface area contributed by atoms with Gasteiger partial charge in [0.15, 0.2) is 5.78 Å². The number of dihydropyridines is 1. The molecule has 1 aliphatic heterocycles. The number of hydrogen-bond donors (Lipinski definition) is 0. The highest BCUT2D eigenvalue weighted by molar-refractivity contribution is 6.48. The van der Waals surface area contributed by atoms with E-state index in [0.717, 1.165) is 36.8 Å². The molecule has 0 aromatic rings. The van der Waals surface area contributed by atoms with Gasteiger partial charge in [-0.1, -0.05) is 25.5 Å². The van der Waals surface area contributed by atoms with Gasteiger partial charge in [-0.25, -0.2) is 0 Å². The van der Waals surface area contributed by atoms with Crippen LogP contribution in [0.25, 0.3) is 0 Å². The van der Waals surface area contributed by atoms with Crippen LogP contribution in [-0.4, -0.2) is 27.1 Å². The smallest absolute Gasteiger partial charge is 0.228 e.